The van der Waals surface area contributed by atoms with Crippen LogP contribution in [0.15, 0.2) is 39.6 Å². The minimum Gasteiger partial charge on any atom is -0.383 e. The van der Waals surface area contributed by atoms with E-state index in [0.29, 0.717) is 5.13 Å². The minimum atomic E-state index is -4.45. The van der Waals surface area contributed by atoms with Gasteiger partial charge < -0.3 is 11.5 Å². The van der Waals surface area contributed by atoms with E-state index in [0.717, 1.165) is 17.8 Å². The summed E-state index contributed by atoms with van der Waals surface area (Å²) in [4.78, 5) is 11.8. The summed E-state index contributed by atoms with van der Waals surface area (Å²) in [6.07, 6.45) is -4.45. The number of nitrogens with two attached hydrogens (primary N) is 2. The van der Waals surface area contributed by atoms with Crippen molar-refractivity contribution in [3.05, 3.63) is 46.5 Å². The van der Waals surface area contributed by atoms with Gasteiger partial charge in [0.05, 0.1) is 11.3 Å². The number of benzene rings is 1. The van der Waals surface area contributed by atoms with Crippen molar-refractivity contribution in [3.63, 3.8) is 0 Å². The van der Waals surface area contributed by atoms with Gasteiger partial charge in [-0.05, 0) is 19.1 Å². The molecule has 0 spiro atoms. The smallest absolute Gasteiger partial charge is 0.383 e. The number of rotatable bonds is 2. The molecule has 5 nitrogen and oxygen atoms in total. The van der Waals surface area contributed by atoms with Crippen LogP contribution in [0.2, 0.25) is 0 Å². The van der Waals surface area contributed by atoms with E-state index in [4.69, 9.17) is 11.5 Å². The molecule has 1 aromatic carbocycles. The summed E-state index contributed by atoms with van der Waals surface area (Å²) in [6.45, 7) is 1.80. The van der Waals surface area contributed by atoms with Crippen molar-refractivity contribution >= 4 is 28.3 Å². The summed E-state index contributed by atoms with van der Waals surface area (Å²) < 4.78 is 37.9. The summed E-state index contributed by atoms with van der Waals surface area (Å²) in [5, 5.41) is 2.18. The summed E-state index contributed by atoms with van der Waals surface area (Å²) in [7, 11) is 0. The zero-order chi connectivity index (χ0) is 16.3. The summed E-state index contributed by atoms with van der Waals surface area (Å²) >= 11 is 1.27. The number of thiazole rings is 1. The molecule has 116 valence electrons. The Kier molecular flexibility index (Phi) is 4.45. The summed E-state index contributed by atoms with van der Waals surface area (Å²) in [5.74, 6) is -0.329. The molecule has 0 fully saturated rings. The molecule has 2 rings (SSSR count). The lowest BCUT2D eigenvalue weighted by molar-refractivity contribution is -0.137. The predicted octanol–water partition coefficient (Wildman–Crippen LogP) is 2.82. The summed E-state index contributed by atoms with van der Waals surface area (Å²) in [6, 6.07) is 4.51. The lowest BCUT2D eigenvalue weighted by Crippen LogP contribution is -2.20. The highest BCUT2D eigenvalue weighted by atomic mass is 32.1. The number of hydrogen-bond acceptors (Lipinski definition) is 3. The number of alkyl halides is 3. The number of halogens is 3. The van der Waals surface area contributed by atoms with Crippen molar-refractivity contribution in [2.24, 2.45) is 21.5 Å². The molecule has 1 aromatic heterocycles. The van der Waals surface area contributed by atoms with Gasteiger partial charge in [-0.1, -0.05) is 12.1 Å². The highest BCUT2D eigenvalue weighted by Gasteiger charge is 2.30. The Hall–Kier alpha value is -2.42. The van der Waals surface area contributed by atoms with E-state index in [1.807, 2.05) is 0 Å². The Bertz CT molecular complexity index is 733. The average Bonchev–Trinajstić information content (AvgIpc) is 2.83. The first-order valence-corrected chi connectivity index (χ1v) is 6.92. The molecule has 0 atom stereocenters. The standard InChI is InChI=1S/C13H12F3N5S/c1-7-6-22-12(19-7)21-11(18)20-10(17)8-3-2-4-9(5-8)13(14,15)16/h2-6H,1H3,(H4,17,18,19,20,21). The fraction of sp³-hybridized carbons (Fsp3) is 0.154. The molecule has 0 saturated heterocycles. The Morgan fingerprint density at radius 3 is 2.59 bits per heavy atom. The number of hydrogen-bond donors (Lipinski definition) is 2. The van der Waals surface area contributed by atoms with Crippen molar-refractivity contribution in [3.8, 4) is 0 Å². The van der Waals surface area contributed by atoms with Crippen molar-refractivity contribution in [1.82, 2.24) is 4.98 Å². The first-order chi connectivity index (χ1) is 10.3. The van der Waals surface area contributed by atoms with Crippen molar-refractivity contribution in [1.29, 1.82) is 0 Å². The molecule has 0 bridgehead atoms. The van der Waals surface area contributed by atoms with Gasteiger partial charge in [0.15, 0.2) is 0 Å². The Labute approximate surface area is 128 Å². The quantitative estimate of drug-likeness (QED) is 0.656. The highest BCUT2D eigenvalue weighted by molar-refractivity contribution is 7.13. The number of amidine groups is 1. The average molecular weight is 327 g/mol. The largest absolute Gasteiger partial charge is 0.416 e. The third-order valence-electron chi connectivity index (χ3n) is 2.54. The van der Waals surface area contributed by atoms with Crippen LogP contribution in [0.4, 0.5) is 18.3 Å². The zero-order valence-electron chi connectivity index (χ0n) is 11.4. The van der Waals surface area contributed by atoms with E-state index in [1.54, 1.807) is 12.3 Å². The van der Waals surface area contributed by atoms with Crippen LogP contribution in [-0.2, 0) is 6.18 Å². The molecule has 0 aliphatic heterocycles. The van der Waals surface area contributed by atoms with E-state index < -0.39 is 11.7 Å². The lowest BCUT2D eigenvalue weighted by atomic mass is 10.1. The molecule has 0 amide bonds. The third kappa shape index (κ3) is 4.04. The van der Waals surface area contributed by atoms with Crippen LogP contribution in [0.25, 0.3) is 0 Å². The van der Waals surface area contributed by atoms with Gasteiger partial charge in [-0.15, -0.1) is 11.3 Å². The number of nitrogens with zero attached hydrogens (tertiary/aromatic N) is 3. The van der Waals surface area contributed by atoms with E-state index >= 15 is 0 Å². The molecule has 1 heterocycles. The molecule has 4 N–H and O–H groups in total. The topological polar surface area (TPSA) is 89.6 Å². The van der Waals surface area contributed by atoms with Gasteiger partial charge in [0, 0.05) is 10.9 Å². The Morgan fingerprint density at radius 2 is 2.00 bits per heavy atom. The predicted molar refractivity (Wildman–Crippen MR) is 80.3 cm³/mol. The van der Waals surface area contributed by atoms with Gasteiger partial charge >= 0.3 is 6.18 Å². The van der Waals surface area contributed by atoms with Crippen molar-refractivity contribution < 1.29 is 13.2 Å². The molecule has 9 heteroatoms. The second kappa shape index (κ2) is 6.14. The number of aromatic nitrogens is 1. The van der Waals surface area contributed by atoms with Gasteiger partial charge in [-0.2, -0.15) is 23.2 Å². The fourth-order valence-electron chi connectivity index (χ4n) is 1.56. The van der Waals surface area contributed by atoms with Gasteiger partial charge in [0.1, 0.15) is 5.84 Å². The fourth-order valence-corrected chi connectivity index (χ4v) is 2.23. The molecule has 0 unspecified atom stereocenters. The molecular weight excluding hydrogens is 315 g/mol. The highest BCUT2D eigenvalue weighted by Crippen LogP contribution is 2.29. The van der Waals surface area contributed by atoms with Crippen molar-refractivity contribution in [2.75, 3.05) is 0 Å². The second-order valence-corrected chi connectivity index (χ2v) is 5.15. The number of guanidine groups is 1. The van der Waals surface area contributed by atoms with Crippen LogP contribution in [0.3, 0.4) is 0 Å². The van der Waals surface area contributed by atoms with Crippen LogP contribution in [0.1, 0.15) is 16.8 Å². The maximum Gasteiger partial charge on any atom is 0.416 e. The van der Waals surface area contributed by atoms with E-state index in [1.165, 1.54) is 23.5 Å². The van der Waals surface area contributed by atoms with Crippen LogP contribution < -0.4 is 11.5 Å². The van der Waals surface area contributed by atoms with E-state index in [9.17, 15) is 13.2 Å². The SMILES string of the molecule is Cc1csc(/N=C(N)/N=C(\N)c2cccc(C(F)(F)F)c2)n1. The van der Waals surface area contributed by atoms with Crippen LogP contribution in [0.5, 0.6) is 0 Å². The van der Waals surface area contributed by atoms with Crippen LogP contribution in [-0.4, -0.2) is 16.8 Å². The monoisotopic (exact) mass is 327 g/mol. The number of aliphatic imine (C=N–C) groups is 2. The van der Waals surface area contributed by atoms with Crippen molar-refractivity contribution in [2.45, 2.75) is 13.1 Å². The van der Waals surface area contributed by atoms with Gasteiger partial charge in [-0.25, -0.2) is 4.98 Å². The Balaban J connectivity index is 2.27. The van der Waals surface area contributed by atoms with Crippen LogP contribution in [0, 0.1) is 6.92 Å². The normalized spacial score (nSPS) is 13.5. The summed E-state index contributed by atoms with van der Waals surface area (Å²) in [5.41, 5.74) is 11.4. The van der Waals surface area contributed by atoms with Gasteiger partial charge in [0.2, 0.25) is 11.1 Å². The van der Waals surface area contributed by atoms with Gasteiger partial charge in [0.25, 0.3) is 0 Å². The second-order valence-electron chi connectivity index (χ2n) is 4.32. The molecule has 2 aromatic rings. The first-order valence-electron chi connectivity index (χ1n) is 6.04. The molecule has 0 aliphatic rings. The van der Waals surface area contributed by atoms with E-state index in [-0.39, 0.29) is 17.4 Å². The third-order valence-corrected chi connectivity index (χ3v) is 3.39. The van der Waals surface area contributed by atoms with Crippen LogP contribution >= 0.6 is 11.3 Å². The minimum absolute atomic E-state index is 0.114. The molecular formula is C13H12F3N5S. The zero-order valence-corrected chi connectivity index (χ0v) is 12.2. The maximum atomic E-state index is 12.6. The molecule has 22 heavy (non-hydrogen) atoms. The molecule has 0 aliphatic carbocycles. The molecule has 0 saturated carbocycles. The first kappa shape index (κ1) is 16.0. The van der Waals surface area contributed by atoms with Gasteiger partial charge in [-0.3, -0.25) is 0 Å². The number of aryl methyl sites for hydroxylation is 1. The lowest BCUT2D eigenvalue weighted by Gasteiger charge is -2.08. The van der Waals surface area contributed by atoms with E-state index in [2.05, 4.69) is 15.0 Å². The maximum absolute atomic E-state index is 12.6. The molecule has 0 radical (unpaired) electrons. The Morgan fingerprint density at radius 1 is 1.27 bits per heavy atom.